The molecule has 204 valence electrons. The summed E-state index contributed by atoms with van der Waals surface area (Å²) in [6, 6.07) is 8.36. The second-order valence-corrected chi connectivity index (χ2v) is 10.9. The summed E-state index contributed by atoms with van der Waals surface area (Å²) in [4.78, 5) is 43.4. The van der Waals surface area contributed by atoms with Gasteiger partial charge < -0.3 is 14.9 Å². The van der Waals surface area contributed by atoms with Gasteiger partial charge in [-0.15, -0.1) is 0 Å². The van der Waals surface area contributed by atoms with Gasteiger partial charge in [-0.2, -0.15) is 5.26 Å². The third-order valence-corrected chi connectivity index (χ3v) is 8.23. The first-order valence-electron chi connectivity index (χ1n) is 12.6. The minimum atomic E-state index is -0.943. The van der Waals surface area contributed by atoms with Gasteiger partial charge in [0.15, 0.2) is 0 Å². The van der Waals surface area contributed by atoms with Gasteiger partial charge in [0.05, 0.1) is 4.91 Å². The quantitative estimate of drug-likeness (QED) is 0.377. The van der Waals surface area contributed by atoms with Gasteiger partial charge in [0.1, 0.15) is 27.6 Å². The fraction of sp³-hybridized carbons (Fsp3) is 0.370. The second-order valence-electron chi connectivity index (χ2n) is 9.18. The molecule has 0 radical (unpaired) electrons. The molecule has 0 bridgehead atoms. The van der Waals surface area contributed by atoms with E-state index in [2.05, 4.69) is 9.80 Å². The fourth-order valence-corrected chi connectivity index (χ4v) is 6.11. The lowest BCUT2D eigenvalue weighted by molar-refractivity contribution is -0.137. The largest absolute Gasteiger partial charge is 0.481 e. The van der Waals surface area contributed by atoms with Crippen LogP contribution < -0.4 is 15.4 Å². The Hall–Kier alpha value is -3.69. The highest BCUT2D eigenvalue weighted by Crippen LogP contribution is 2.36. The van der Waals surface area contributed by atoms with Gasteiger partial charge in [-0.1, -0.05) is 24.0 Å². The van der Waals surface area contributed by atoms with Crippen molar-refractivity contribution in [2.45, 2.75) is 33.2 Å². The maximum absolute atomic E-state index is 13.4. The number of nitrogens with zero attached hydrogens (tertiary/aromatic N) is 5. The lowest BCUT2D eigenvalue weighted by atomic mass is 10.0. The minimum absolute atomic E-state index is 0.0220. The Morgan fingerprint density at radius 2 is 1.82 bits per heavy atom. The van der Waals surface area contributed by atoms with E-state index in [1.807, 2.05) is 13.0 Å². The molecule has 1 amide bonds. The molecule has 2 aliphatic heterocycles. The number of hydrogen-bond donors (Lipinski definition) is 1. The number of hydrogen-bond acceptors (Lipinski definition) is 8. The summed E-state index contributed by atoms with van der Waals surface area (Å²) in [5, 5.41) is 18.7. The molecule has 0 spiro atoms. The molecule has 39 heavy (non-hydrogen) atoms. The van der Waals surface area contributed by atoms with Gasteiger partial charge >= 0.3 is 5.97 Å². The van der Waals surface area contributed by atoms with Gasteiger partial charge in [0, 0.05) is 56.9 Å². The van der Waals surface area contributed by atoms with Crippen molar-refractivity contribution in [2.24, 2.45) is 0 Å². The number of halogens is 1. The highest BCUT2D eigenvalue weighted by molar-refractivity contribution is 8.26. The topological polar surface area (TPSA) is 110 Å². The van der Waals surface area contributed by atoms with E-state index in [-0.39, 0.29) is 42.2 Å². The number of carbonyl (C=O) groups is 2. The van der Waals surface area contributed by atoms with E-state index in [0.717, 1.165) is 17.4 Å². The zero-order valence-corrected chi connectivity index (χ0v) is 23.3. The van der Waals surface area contributed by atoms with Gasteiger partial charge in [0.2, 0.25) is 0 Å². The number of piperazine rings is 1. The van der Waals surface area contributed by atoms with Crippen LogP contribution in [0.2, 0.25) is 0 Å². The molecule has 1 N–H and O–H groups in total. The summed E-state index contributed by atoms with van der Waals surface area (Å²) in [7, 11) is 0. The molecule has 2 saturated heterocycles. The normalized spacial score (nSPS) is 16.8. The van der Waals surface area contributed by atoms with Crippen molar-refractivity contribution in [1.82, 2.24) is 9.47 Å². The monoisotopic (exact) mass is 569 g/mol. The fourth-order valence-electron chi connectivity index (χ4n) is 4.82. The number of aromatic nitrogens is 1. The number of anilines is 2. The maximum Gasteiger partial charge on any atom is 0.303 e. The summed E-state index contributed by atoms with van der Waals surface area (Å²) >= 11 is 6.52. The summed E-state index contributed by atoms with van der Waals surface area (Å²) in [5.74, 6) is -0.931. The summed E-state index contributed by atoms with van der Waals surface area (Å²) < 4.78 is 15.3. The molecule has 2 fully saturated rings. The van der Waals surface area contributed by atoms with Crippen LogP contribution in [0.15, 0.2) is 34.0 Å². The van der Waals surface area contributed by atoms with Crippen molar-refractivity contribution >= 4 is 57.8 Å². The van der Waals surface area contributed by atoms with Crippen molar-refractivity contribution in [3.63, 3.8) is 0 Å². The number of carboxylic acid groups (broad SMARTS) is 1. The third-order valence-electron chi connectivity index (χ3n) is 6.85. The zero-order chi connectivity index (χ0) is 28.3. The molecule has 0 atom stereocenters. The average Bonchev–Trinajstić information content (AvgIpc) is 3.18. The smallest absolute Gasteiger partial charge is 0.303 e. The molecular weight excluding hydrogens is 541 g/mol. The molecule has 12 heteroatoms. The van der Waals surface area contributed by atoms with Crippen molar-refractivity contribution in [3.05, 3.63) is 62.0 Å². The number of amides is 1. The number of thiocarbonyl (C=S) groups is 1. The van der Waals surface area contributed by atoms with Gasteiger partial charge in [-0.25, -0.2) is 4.39 Å². The number of benzene rings is 1. The number of rotatable bonds is 8. The van der Waals surface area contributed by atoms with Crippen LogP contribution in [-0.4, -0.2) is 63.5 Å². The molecule has 4 rings (SSSR count). The number of carbonyl (C=O) groups excluding carboxylic acids is 1. The van der Waals surface area contributed by atoms with E-state index in [1.54, 1.807) is 29.7 Å². The van der Waals surface area contributed by atoms with Crippen molar-refractivity contribution in [1.29, 1.82) is 5.26 Å². The van der Waals surface area contributed by atoms with Gasteiger partial charge in [-0.3, -0.25) is 23.9 Å². The number of thioether (sulfide) groups is 1. The van der Waals surface area contributed by atoms with Crippen LogP contribution in [0.3, 0.4) is 0 Å². The number of pyridine rings is 1. The van der Waals surface area contributed by atoms with Crippen LogP contribution in [0.25, 0.3) is 6.08 Å². The molecule has 0 saturated carbocycles. The zero-order valence-electron chi connectivity index (χ0n) is 21.6. The predicted octanol–water partition coefficient (Wildman–Crippen LogP) is 3.58. The Balaban J connectivity index is 1.70. The van der Waals surface area contributed by atoms with Crippen molar-refractivity contribution in [3.8, 4) is 6.07 Å². The van der Waals surface area contributed by atoms with E-state index in [9.17, 15) is 24.0 Å². The van der Waals surface area contributed by atoms with E-state index in [4.69, 9.17) is 17.3 Å². The second kappa shape index (κ2) is 12.0. The van der Waals surface area contributed by atoms with Crippen LogP contribution >= 0.6 is 24.0 Å². The number of nitriles is 1. The molecule has 0 unspecified atom stereocenters. The first kappa shape index (κ1) is 28.3. The van der Waals surface area contributed by atoms with Crippen LogP contribution in [0, 0.1) is 24.1 Å². The van der Waals surface area contributed by atoms with Gasteiger partial charge in [-0.05, 0) is 56.2 Å². The number of carboxylic acids is 1. The molecular formula is C27H28FN5O4S2. The maximum atomic E-state index is 13.4. The van der Waals surface area contributed by atoms with E-state index in [1.165, 1.54) is 17.0 Å². The van der Waals surface area contributed by atoms with Crippen LogP contribution in [0.1, 0.15) is 36.5 Å². The molecule has 3 heterocycles. The molecule has 9 nitrogen and oxygen atoms in total. The summed E-state index contributed by atoms with van der Waals surface area (Å²) in [5.41, 5.74) is 1.64. The average molecular weight is 570 g/mol. The Kier molecular flexibility index (Phi) is 8.72. The first-order chi connectivity index (χ1) is 18.7. The standard InChI is InChI=1S/C27H28FN5O4S2/c1-3-32-24(31-13-11-30(12-14-31)19-8-6-18(28)7-9-19)20(17(2)21(16-29)25(32)36)15-22-26(37)33(27(38)39-22)10-4-5-23(34)35/h6-9,15H,3-5,10-14H2,1-2H3,(H,34,35)/b22-15+. The Labute approximate surface area is 235 Å². The highest BCUT2D eigenvalue weighted by atomic mass is 32.2. The third kappa shape index (κ3) is 5.84. The minimum Gasteiger partial charge on any atom is -0.481 e. The molecule has 2 aromatic rings. The lowest BCUT2D eigenvalue weighted by Gasteiger charge is -2.39. The lowest BCUT2D eigenvalue weighted by Crippen LogP contribution is -2.48. The van der Waals surface area contributed by atoms with Crippen LogP contribution in [0.4, 0.5) is 15.9 Å². The molecule has 2 aliphatic rings. The molecule has 0 aliphatic carbocycles. The van der Waals surface area contributed by atoms with E-state index in [0.29, 0.717) is 58.9 Å². The Bertz CT molecular complexity index is 1440. The van der Waals surface area contributed by atoms with Crippen molar-refractivity contribution < 1.29 is 19.1 Å². The predicted molar refractivity (Wildman–Crippen MR) is 153 cm³/mol. The Morgan fingerprint density at radius 1 is 1.18 bits per heavy atom. The van der Waals surface area contributed by atoms with Gasteiger partial charge in [0.25, 0.3) is 11.5 Å². The van der Waals surface area contributed by atoms with E-state index >= 15 is 0 Å². The number of aliphatic carboxylic acids is 1. The first-order valence-corrected chi connectivity index (χ1v) is 13.8. The molecule has 1 aromatic heterocycles. The molecule has 1 aromatic carbocycles. The van der Waals surface area contributed by atoms with Crippen LogP contribution in [-0.2, 0) is 16.1 Å². The van der Waals surface area contributed by atoms with E-state index < -0.39 is 5.97 Å². The Morgan fingerprint density at radius 3 is 2.41 bits per heavy atom. The van der Waals surface area contributed by atoms with Crippen LogP contribution in [0.5, 0.6) is 0 Å². The van der Waals surface area contributed by atoms with Crippen molar-refractivity contribution in [2.75, 3.05) is 42.5 Å². The summed E-state index contributed by atoms with van der Waals surface area (Å²) in [6.45, 7) is 6.47. The highest BCUT2D eigenvalue weighted by Gasteiger charge is 2.33. The SMILES string of the molecule is CCn1c(N2CCN(c3ccc(F)cc3)CC2)c(/C=C2/SC(=S)N(CCCC(=O)O)C2=O)c(C)c(C#N)c1=O. The summed E-state index contributed by atoms with van der Waals surface area (Å²) in [6.07, 6.45) is 1.90.